The summed E-state index contributed by atoms with van der Waals surface area (Å²) in [5, 5.41) is 30.5. The lowest BCUT2D eigenvalue weighted by atomic mass is 9.98. The van der Waals surface area contributed by atoms with Gasteiger partial charge < -0.3 is 31.5 Å². The highest BCUT2D eigenvalue weighted by Crippen LogP contribution is 2.11. The van der Waals surface area contributed by atoms with E-state index in [0.29, 0.717) is 19.4 Å². The molecular weight excluding hydrogens is 440 g/mol. The fourth-order valence-corrected chi connectivity index (χ4v) is 3.82. The van der Waals surface area contributed by atoms with Gasteiger partial charge >= 0.3 is 5.97 Å². The number of hydrogen-bond donors (Lipinski definition) is 6. The first-order valence-corrected chi connectivity index (χ1v) is 11.7. The molecule has 10 heteroatoms. The summed E-state index contributed by atoms with van der Waals surface area (Å²) in [4.78, 5) is 50.3. The third kappa shape index (κ3) is 7.81. The number of nitrogens with one attached hydrogen (secondary N) is 4. The maximum Gasteiger partial charge on any atom is 0.326 e. The molecule has 0 saturated carbocycles. The molecule has 6 atom stereocenters. The van der Waals surface area contributed by atoms with E-state index in [1.807, 2.05) is 13.0 Å². The van der Waals surface area contributed by atoms with E-state index in [1.54, 1.807) is 31.2 Å². The molecule has 1 saturated heterocycles. The number of carboxylic acids is 1. The fourth-order valence-electron chi connectivity index (χ4n) is 3.82. The summed E-state index contributed by atoms with van der Waals surface area (Å²) in [6.07, 6.45) is 0.904. The van der Waals surface area contributed by atoms with Crippen molar-refractivity contribution < 1.29 is 29.4 Å². The average Bonchev–Trinajstić information content (AvgIpc) is 3.35. The lowest BCUT2D eigenvalue weighted by molar-refractivity contribution is -0.144. The van der Waals surface area contributed by atoms with Gasteiger partial charge in [0, 0.05) is 6.42 Å². The molecular formula is C24H36N4O6. The van der Waals surface area contributed by atoms with Gasteiger partial charge in [0.25, 0.3) is 0 Å². The Hall–Kier alpha value is -2.98. The van der Waals surface area contributed by atoms with Crippen LogP contribution in [0.25, 0.3) is 0 Å². The number of rotatable bonds is 12. The predicted molar refractivity (Wildman–Crippen MR) is 126 cm³/mol. The molecule has 1 aliphatic heterocycles. The first-order chi connectivity index (χ1) is 16.1. The lowest BCUT2D eigenvalue weighted by Gasteiger charge is -2.27. The topological polar surface area (TPSA) is 157 Å². The number of carbonyl (C=O) groups is 4. The van der Waals surface area contributed by atoms with Gasteiger partial charge in [-0.1, -0.05) is 50.6 Å². The summed E-state index contributed by atoms with van der Waals surface area (Å²) in [6.45, 7) is 5.62. The van der Waals surface area contributed by atoms with Crippen LogP contribution in [0, 0.1) is 5.92 Å². The lowest BCUT2D eigenvalue weighted by Crippen LogP contribution is -2.60. The Balaban J connectivity index is 2.19. The predicted octanol–water partition coefficient (Wildman–Crippen LogP) is -0.0530. The highest BCUT2D eigenvalue weighted by atomic mass is 16.4. The Morgan fingerprint density at radius 3 is 2.24 bits per heavy atom. The third-order valence-electron chi connectivity index (χ3n) is 6.13. The highest BCUT2D eigenvalue weighted by molar-refractivity contribution is 5.94. The van der Waals surface area contributed by atoms with Crippen LogP contribution in [0.2, 0.25) is 0 Å². The van der Waals surface area contributed by atoms with Gasteiger partial charge in [-0.05, 0) is 37.8 Å². The maximum absolute atomic E-state index is 13.1. The van der Waals surface area contributed by atoms with Crippen LogP contribution in [0.4, 0.5) is 0 Å². The van der Waals surface area contributed by atoms with Crippen molar-refractivity contribution in [2.24, 2.45) is 5.92 Å². The normalized spacial score (nSPS) is 19.8. The van der Waals surface area contributed by atoms with Gasteiger partial charge in [-0.15, -0.1) is 0 Å². The number of carboxylic acid groups (broad SMARTS) is 1. The molecule has 0 aliphatic carbocycles. The molecule has 34 heavy (non-hydrogen) atoms. The quantitative estimate of drug-likeness (QED) is 0.247. The van der Waals surface area contributed by atoms with Crippen LogP contribution in [0.15, 0.2) is 30.3 Å². The smallest absolute Gasteiger partial charge is 0.326 e. The van der Waals surface area contributed by atoms with Gasteiger partial charge in [-0.25, -0.2) is 4.79 Å². The molecule has 1 aliphatic rings. The van der Waals surface area contributed by atoms with Gasteiger partial charge in [0.15, 0.2) is 0 Å². The molecule has 1 aromatic carbocycles. The minimum Gasteiger partial charge on any atom is -0.480 e. The Morgan fingerprint density at radius 2 is 1.71 bits per heavy atom. The highest BCUT2D eigenvalue weighted by Gasteiger charge is 2.34. The van der Waals surface area contributed by atoms with Crippen LogP contribution in [-0.4, -0.2) is 70.7 Å². The van der Waals surface area contributed by atoms with Crippen molar-refractivity contribution in [3.8, 4) is 0 Å². The monoisotopic (exact) mass is 476 g/mol. The Kier molecular flexibility index (Phi) is 10.5. The zero-order valence-electron chi connectivity index (χ0n) is 19.9. The van der Waals surface area contributed by atoms with E-state index in [2.05, 4.69) is 21.3 Å². The second-order valence-electron chi connectivity index (χ2n) is 8.84. The number of aliphatic hydroxyl groups excluding tert-OH is 1. The van der Waals surface area contributed by atoms with Crippen LogP contribution >= 0.6 is 0 Å². The summed E-state index contributed by atoms with van der Waals surface area (Å²) in [5.74, 6) is -3.26. The first kappa shape index (κ1) is 27.3. The van der Waals surface area contributed by atoms with Crippen molar-refractivity contribution in [3.63, 3.8) is 0 Å². The number of benzene rings is 1. The van der Waals surface area contributed by atoms with Crippen LogP contribution in [0.1, 0.15) is 45.6 Å². The largest absolute Gasteiger partial charge is 0.480 e. The second kappa shape index (κ2) is 13.0. The van der Waals surface area contributed by atoms with Crippen molar-refractivity contribution in [2.45, 2.75) is 76.7 Å². The van der Waals surface area contributed by atoms with E-state index in [1.165, 1.54) is 6.92 Å². The van der Waals surface area contributed by atoms with Gasteiger partial charge in [-0.2, -0.15) is 0 Å². The number of aliphatic hydroxyl groups is 1. The van der Waals surface area contributed by atoms with Crippen molar-refractivity contribution in [3.05, 3.63) is 35.9 Å². The number of amides is 3. The Morgan fingerprint density at radius 1 is 1.03 bits per heavy atom. The van der Waals surface area contributed by atoms with Crippen LogP contribution in [0.3, 0.4) is 0 Å². The Bertz CT molecular complexity index is 841. The van der Waals surface area contributed by atoms with Crippen LogP contribution in [-0.2, 0) is 25.6 Å². The Labute approximate surface area is 199 Å². The summed E-state index contributed by atoms with van der Waals surface area (Å²) < 4.78 is 0. The standard InChI is InChI=1S/C24H36N4O6/c1-4-14(2)19(24(33)34)27-22(31)18(13-16-9-6-5-7-10-16)26-23(32)20(15(3)29)28-21(30)17-11-8-12-25-17/h5-7,9-10,14-15,17-20,25,29H,4,8,11-13H2,1-3H3,(H,26,32)(H,27,31)(H,28,30)(H,33,34). The van der Waals surface area contributed by atoms with E-state index in [4.69, 9.17) is 0 Å². The molecule has 3 amide bonds. The molecule has 10 nitrogen and oxygen atoms in total. The molecule has 1 heterocycles. The summed E-state index contributed by atoms with van der Waals surface area (Å²) >= 11 is 0. The molecule has 0 aromatic heterocycles. The molecule has 0 radical (unpaired) electrons. The number of hydrogen-bond acceptors (Lipinski definition) is 6. The van der Waals surface area contributed by atoms with E-state index in [9.17, 15) is 29.4 Å². The molecule has 6 unspecified atom stereocenters. The van der Waals surface area contributed by atoms with Crippen molar-refractivity contribution in [2.75, 3.05) is 6.54 Å². The molecule has 188 valence electrons. The molecule has 2 rings (SSSR count). The second-order valence-corrected chi connectivity index (χ2v) is 8.84. The average molecular weight is 477 g/mol. The SMILES string of the molecule is CCC(C)C(NC(=O)C(Cc1ccccc1)NC(=O)C(NC(=O)C1CCCN1)C(C)O)C(=O)O. The van der Waals surface area contributed by atoms with Gasteiger partial charge in [0.05, 0.1) is 12.1 Å². The van der Waals surface area contributed by atoms with E-state index < -0.39 is 54.0 Å². The van der Waals surface area contributed by atoms with Gasteiger partial charge in [-0.3, -0.25) is 14.4 Å². The molecule has 0 bridgehead atoms. The van der Waals surface area contributed by atoms with E-state index >= 15 is 0 Å². The van der Waals surface area contributed by atoms with Gasteiger partial charge in [0.2, 0.25) is 17.7 Å². The van der Waals surface area contributed by atoms with Gasteiger partial charge in [0.1, 0.15) is 18.1 Å². The van der Waals surface area contributed by atoms with Crippen molar-refractivity contribution >= 4 is 23.7 Å². The fraction of sp³-hybridized carbons (Fsp3) is 0.583. The van der Waals surface area contributed by atoms with Crippen molar-refractivity contribution in [1.29, 1.82) is 0 Å². The van der Waals surface area contributed by atoms with Crippen LogP contribution in [0.5, 0.6) is 0 Å². The summed E-state index contributed by atoms with van der Waals surface area (Å²) in [5.41, 5.74) is 0.756. The summed E-state index contributed by atoms with van der Waals surface area (Å²) in [6, 6.07) is 5.03. The van der Waals surface area contributed by atoms with Crippen molar-refractivity contribution in [1.82, 2.24) is 21.3 Å². The minimum atomic E-state index is -1.27. The number of aliphatic carboxylic acids is 1. The molecule has 0 spiro atoms. The molecule has 1 aromatic rings. The first-order valence-electron chi connectivity index (χ1n) is 11.7. The molecule has 6 N–H and O–H groups in total. The maximum atomic E-state index is 13.1. The zero-order valence-corrected chi connectivity index (χ0v) is 19.9. The minimum absolute atomic E-state index is 0.107. The molecule has 1 fully saturated rings. The van der Waals surface area contributed by atoms with Crippen LogP contribution < -0.4 is 21.3 Å². The van der Waals surface area contributed by atoms with E-state index in [0.717, 1.165) is 12.0 Å². The third-order valence-corrected chi connectivity index (χ3v) is 6.13. The number of carbonyl (C=O) groups excluding carboxylic acids is 3. The zero-order chi connectivity index (χ0) is 25.3. The van der Waals surface area contributed by atoms with E-state index in [-0.39, 0.29) is 12.3 Å². The summed E-state index contributed by atoms with van der Waals surface area (Å²) in [7, 11) is 0.